The third-order valence-corrected chi connectivity index (χ3v) is 4.80. The Hall–Kier alpha value is -2.67. The highest BCUT2D eigenvalue weighted by atomic mass is 16.5. The lowest BCUT2D eigenvalue weighted by molar-refractivity contribution is -0.121. The van der Waals surface area contributed by atoms with Gasteiger partial charge in [0.1, 0.15) is 0 Å². The first-order valence-electron chi connectivity index (χ1n) is 9.31. The van der Waals surface area contributed by atoms with E-state index < -0.39 is 0 Å². The maximum Gasteiger partial charge on any atom is 0.255 e. The summed E-state index contributed by atoms with van der Waals surface area (Å²) in [4.78, 5) is 34.1. The molecule has 0 aliphatic carbocycles. The average Bonchev–Trinajstić information content (AvgIpc) is 2.68. The first-order chi connectivity index (χ1) is 13.0. The number of anilines is 1. The second-order valence-corrected chi connectivity index (χ2v) is 6.75. The molecule has 1 atom stereocenters. The Morgan fingerprint density at radius 3 is 2.67 bits per heavy atom. The van der Waals surface area contributed by atoms with Gasteiger partial charge in [0, 0.05) is 30.8 Å². The Labute approximate surface area is 158 Å². The van der Waals surface area contributed by atoms with Crippen molar-refractivity contribution in [3.05, 3.63) is 57.5 Å². The predicted molar refractivity (Wildman–Crippen MR) is 104 cm³/mol. The van der Waals surface area contributed by atoms with Crippen molar-refractivity contribution >= 4 is 11.9 Å². The summed E-state index contributed by atoms with van der Waals surface area (Å²) < 4.78 is 5.33. The van der Waals surface area contributed by atoms with E-state index in [1.54, 1.807) is 0 Å². The fourth-order valence-electron chi connectivity index (χ4n) is 3.19. The molecule has 27 heavy (non-hydrogen) atoms. The molecular weight excluding hydrogens is 344 g/mol. The molecule has 7 nitrogen and oxygen atoms in total. The number of carbonyl (C=O) groups is 1. The number of hydrogen-bond donors (Lipinski definition) is 2. The average molecular weight is 370 g/mol. The molecule has 1 saturated heterocycles. The van der Waals surface area contributed by atoms with E-state index in [1.165, 1.54) is 0 Å². The number of nitrogens with one attached hydrogen (secondary N) is 2. The molecule has 0 radical (unpaired) electrons. The number of aromatic nitrogens is 2. The molecule has 2 aromatic rings. The normalized spacial score (nSPS) is 15.4. The van der Waals surface area contributed by atoms with Crippen molar-refractivity contribution in [2.45, 2.75) is 32.7 Å². The van der Waals surface area contributed by atoms with Crippen LogP contribution in [0.4, 0.5) is 5.95 Å². The molecule has 1 aromatic carbocycles. The number of nitrogens with zero attached hydrogens (tertiary/aromatic N) is 2. The summed E-state index contributed by atoms with van der Waals surface area (Å²) in [6.07, 6.45) is 0.616. The van der Waals surface area contributed by atoms with Gasteiger partial charge in [0.25, 0.3) is 5.56 Å². The molecule has 0 bridgehead atoms. The van der Waals surface area contributed by atoms with Crippen molar-refractivity contribution in [2.75, 3.05) is 31.2 Å². The zero-order valence-corrected chi connectivity index (χ0v) is 15.8. The molecule has 144 valence electrons. The number of H-pyrrole nitrogens is 1. The predicted octanol–water partition coefficient (Wildman–Crippen LogP) is 1.72. The Morgan fingerprint density at radius 2 is 2.00 bits per heavy atom. The molecule has 1 aromatic heterocycles. The van der Waals surface area contributed by atoms with E-state index in [4.69, 9.17) is 4.74 Å². The van der Waals surface area contributed by atoms with E-state index in [0.717, 1.165) is 5.56 Å². The molecule has 2 N–H and O–H groups in total. The molecule has 3 rings (SSSR count). The molecule has 1 aliphatic rings. The number of hydrogen-bond acceptors (Lipinski definition) is 5. The number of morpholine rings is 1. The van der Waals surface area contributed by atoms with Crippen LogP contribution >= 0.6 is 0 Å². The lowest BCUT2D eigenvalue weighted by Crippen LogP contribution is -2.38. The van der Waals surface area contributed by atoms with E-state index in [-0.39, 0.29) is 23.9 Å². The van der Waals surface area contributed by atoms with Gasteiger partial charge in [-0.05, 0) is 25.8 Å². The van der Waals surface area contributed by atoms with E-state index in [2.05, 4.69) is 15.3 Å². The van der Waals surface area contributed by atoms with Crippen molar-refractivity contribution in [2.24, 2.45) is 0 Å². The third-order valence-electron chi connectivity index (χ3n) is 4.80. The maximum atomic E-state index is 12.5. The second kappa shape index (κ2) is 8.81. The summed E-state index contributed by atoms with van der Waals surface area (Å²) in [5.41, 5.74) is 2.11. The Balaban J connectivity index is 1.60. The van der Waals surface area contributed by atoms with Gasteiger partial charge in [-0.25, -0.2) is 4.98 Å². The van der Waals surface area contributed by atoms with Crippen LogP contribution in [0.2, 0.25) is 0 Å². The number of aryl methyl sites for hydroxylation is 1. The van der Waals surface area contributed by atoms with Crippen molar-refractivity contribution in [1.82, 2.24) is 15.3 Å². The Kier molecular flexibility index (Phi) is 6.24. The smallest absolute Gasteiger partial charge is 0.255 e. The van der Waals surface area contributed by atoms with Crippen molar-refractivity contribution in [1.29, 1.82) is 0 Å². The van der Waals surface area contributed by atoms with Gasteiger partial charge in [0.05, 0.1) is 19.3 Å². The monoisotopic (exact) mass is 370 g/mol. The highest BCUT2D eigenvalue weighted by Gasteiger charge is 2.17. The second-order valence-electron chi connectivity index (χ2n) is 6.75. The van der Waals surface area contributed by atoms with Crippen LogP contribution < -0.4 is 15.8 Å². The quantitative estimate of drug-likeness (QED) is 0.809. The zero-order chi connectivity index (χ0) is 19.2. The van der Waals surface area contributed by atoms with Gasteiger partial charge in [-0.1, -0.05) is 30.3 Å². The summed E-state index contributed by atoms with van der Waals surface area (Å²) >= 11 is 0. The van der Waals surface area contributed by atoms with Crippen molar-refractivity contribution in [3.63, 3.8) is 0 Å². The first-order valence-corrected chi connectivity index (χ1v) is 9.31. The molecule has 2 heterocycles. The molecular formula is C20H26N4O3. The van der Waals surface area contributed by atoms with E-state index in [1.807, 2.05) is 49.1 Å². The number of ether oxygens (including phenoxy) is 1. The topological polar surface area (TPSA) is 87.3 Å². The van der Waals surface area contributed by atoms with Crippen molar-refractivity contribution in [3.8, 4) is 0 Å². The minimum Gasteiger partial charge on any atom is -0.378 e. The maximum absolute atomic E-state index is 12.5. The fourth-order valence-corrected chi connectivity index (χ4v) is 3.19. The number of benzene rings is 1. The van der Waals surface area contributed by atoms with Crippen LogP contribution in [0.5, 0.6) is 0 Å². The highest BCUT2D eigenvalue weighted by Crippen LogP contribution is 2.13. The van der Waals surface area contributed by atoms with Crippen LogP contribution in [0.3, 0.4) is 0 Å². The van der Waals surface area contributed by atoms with Crippen LogP contribution in [0.25, 0.3) is 0 Å². The number of aromatic amines is 1. The van der Waals surface area contributed by atoms with E-state index in [9.17, 15) is 9.59 Å². The van der Waals surface area contributed by atoms with Gasteiger partial charge < -0.3 is 15.0 Å². The molecule has 0 spiro atoms. The van der Waals surface area contributed by atoms with Gasteiger partial charge in [0.2, 0.25) is 11.9 Å². The van der Waals surface area contributed by atoms with Gasteiger partial charge in [0.15, 0.2) is 0 Å². The van der Waals surface area contributed by atoms with Gasteiger partial charge in [-0.15, -0.1) is 0 Å². The number of rotatable bonds is 6. The Morgan fingerprint density at radius 1 is 1.30 bits per heavy atom. The van der Waals surface area contributed by atoms with Gasteiger partial charge in [-0.2, -0.15) is 0 Å². The van der Waals surface area contributed by atoms with Gasteiger partial charge in [-0.3, -0.25) is 14.6 Å². The number of amides is 1. The Bertz CT molecular complexity index is 829. The van der Waals surface area contributed by atoms with Crippen LogP contribution in [-0.2, 0) is 16.0 Å². The summed E-state index contributed by atoms with van der Waals surface area (Å²) in [5.74, 6) is 0.495. The number of carbonyl (C=O) groups excluding carboxylic acids is 1. The van der Waals surface area contributed by atoms with Crippen LogP contribution in [0.1, 0.15) is 36.2 Å². The van der Waals surface area contributed by atoms with E-state index >= 15 is 0 Å². The fraction of sp³-hybridized carbons (Fsp3) is 0.450. The van der Waals surface area contributed by atoms with Crippen LogP contribution in [0.15, 0.2) is 35.1 Å². The standard InChI is InChI=1S/C20H26N4O3/c1-14(16-6-4-3-5-7-16)21-18(25)9-8-17-15(2)22-20(23-19(17)26)24-10-12-27-13-11-24/h3-7,14H,8-13H2,1-2H3,(H,21,25)(H,22,23,26)/t14-/m1/s1. The molecule has 0 unspecified atom stereocenters. The lowest BCUT2D eigenvalue weighted by atomic mass is 10.1. The lowest BCUT2D eigenvalue weighted by Gasteiger charge is -2.27. The molecule has 0 saturated carbocycles. The highest BCUT2D eigenvalue weighted by molar-refractivity contribution is 5.76. The summed E-state index contributed by atoms with van der Waals surface area (Å²) in [7, 11) is 0. The van der Waals surface area contributed by atoms with Crippen molar-refractivity contribution < 1.29 is 9.53 Å². The minimum atomic E-state index is -0.173. The van der Waals surface area contributed by atoms with Crippen LogP contribution in [-0.4, -0.2) is 42.2 Å². The van der Waals surface area contributed by atoms with E-state index in [0.29, 0.717) is 49.9 Å². The van der Waals surface area contributed by atoms with Crippen LogP contribution in [0, 0.1) is 6.92 Å². The largest absolute Gasteiger partial charge is 0.378 e. The summed E-state index contributed by atoms with van der Waals surface area (Å²) in [6, 6.07) is 9.73. The molecule has 7 heteroatoms. The third kappa shape index (κ3) is 4.95. The molecule has 1 fully saturated rings. The first kappa shape index (κ1) is 19.1. The minimum absolute atomic E-state index is 0.0695. The molecule has 1 aliphatic heterocycles. The van der Waals surface area contributed by atoms with Gasteiger partial charge >= 0.3 is 0 Å². The zero-order valence-electron chi connectivity index (χ0n) is 15.8. The summed E-state index contributed by atoms with van der Waals surface area (Å²) in [5, 5.41) is 2.97. The molecule has 1 amide bonds. The SMILES string of the molecule is Cc1nc(N2CCOCC2)[nH]c(=O)c1CCC(=O)N[C@H](C)c1ccccc1. The summed E-state index contributed by atoms with van der Waals surface area (Å²) in [6.45, 7) is 6.45.